The van der Waals surface area contributed by atoms with Crippen molar-refractivity contribution in [1.29, 1.82) is 0 Å². The zero-order chi connectivity index (χ0) is 21.6. The number of benzene rings is 1. The number of carbonyl (C=O) groups excluding carboxylic acids is 1. The molecule has 10 heteroatoms. The molecule has 9 nitrogen and oxygen atoms in total. The van der Waals surface area contributed by atoms with E-state index in [1.807, 2.05) is 0 Å². The predicted octanol–water partition coefficient (Wildman–Crippen LogP) is 1.12. The summed E-state index contributed by atoms with van der Waals surface area (Å²) in [4.78, 5) is 14.2. The van der Waals surface area contributed by atoms with E-state index in [1.54, 1.807) is 11.0 Å². The number of amides is 1. The van der Waals surface area contributed by atoms with Gasteiger partial charge in [-0.2, -0.15) is 4.31 Å². The molecule has 1 unspecified atom stereocenters. The smallest absolute Gasteiger partial charge is 0.243 e. The van der Waals surface area contributed by atoms with Crippen molar-refractivity contribution in [2.75, 3.05) is 60.2 Å². The molecule has 0 aliphatic carbocycles. The van der Waals surface area contributed by atoms with Gasteiger partial charge >= 0.3 is 0 Å². The van der Waals surface area contributed by atoms with Crippen LogP contribution >= 0.6 is 0 Å². The maximum Gasteiger partial charge on any atom is 0.243 e. The standard InChI is InChI=1S/C20H30N2O7S/c1-26-18-6-5-17(14-19(18)27-2)30(24,25)22-10-8-21(9-11-22)20(23)7-13-28-15-16-4-3-12-29-16/h5-6,14,16H,3-4,7-13,15H2,1-2H3. The van der Waals surface area contributed by atoms with E-state index >= 15 is 0 Å². The summed E-state index contributed by atoms with van der Waals surface area (Å²) >= 11 is 0. The Bertz CT molecular complexity index is 816. The van der Waals surface area contributed by atoms with Gasteiger partial charge in [-0.05, 0) is 25.0 Å². The SMILES string of the molecule is COc1ccc(S(=O)(=O)N2CCN(C(=O)CCOCC3CCCO3)CC2)cc1OC. The van der Waals surface area contributed by atoms with Crippen LogP contribution < -0.4 is 9.47 Å². The predicted molar refractivity (Wildman–Crippen MR) is 109 cm³/mol. The first-order chi connectivity index (χ1) is 14.5. The van der Waals surface area contributed by atoms with Crippen LogP contribution in [0, 0.1) is 0 Å². The van der Waals surface area contributed by atoms with Crippen LogP contribution in [0.1, 0.15) is 19.3 Å². The number of ether oxygens (including phenoxy) is 4. The van der Waals surface area contributed by atoms with E-state index in [0.29, 0.717) is 37.8 Å². The lowest BCUT2D eigenvalue weighted by Crippen LogP contribution is -2.50. The van der Waals surface area contributed by atoms with Crippen molar-refractivity contribution in [3.05, 3.63) is 18.2 Å². The fraction of sp³-hybridized carbons (Fsp3) is 0.650. The highest BCUT2D eigenvalue weighted by Gasteiger charge is 2.30. The minimum Gasteiger partial charge on any atom is -0.493 e. The minimum atomic E-state index is -3.68. The lowest BCUT2D eigenvalue weighted by atomic mass is 10.2. The number of carbonyl (C=O) groups is 1. The van der Waals surface area contributed by atoms with Gasteiger partial charge < -0.3 is 23.8 Å². The largest absolute Gasteiger partial charge is 0.493 e. The molecule has 2 heterocycles. The van der Waals surface area contributed by atoms with Crippen LogP contribution in [0.3, 0.4) is 0 Å². The third kappa shape index (κ3) is 5.42. The molecule has 0 spiro atoms. The minimum absolute atomic E-state index is 0.0227. The van der Waals surface area contributed by atoms with E-state index in [-0.39, 0.29) is 36.4 Å². The topological polar surface area (TPSA) is 94.6 Å². The second-order valence-electron chi connectivity index (χ2n) is 7.26. The van der Waals surface area contributed by atoms with Crippen LogP contribution in [0.25, 0.3) is 0 Å². The van der Waals surface area contributed by atoms with Crippen molar-refractivity contribution in [2.24, 2.45) is 0 Å². The summed E-state index contributed by atoms with van der Waals surface area (Å²) < 4.78 is 48.7. The summed E-state index contributed by atoms with van der Waals surface area (Å²) in [5, 5.41) is 0. The molecule has 0 N–H and O–H groups in total. The van der Waals surface area contributed by atoms with E-state index < -0.39 is 10.0 Å². The summed E-state index contributed by atoms with van der Waals surface area (Å²) in [7, 11) is -0.721. The Balaban J connectivity index is 1.48. The molecular formula is C20H30N2O7S. The van der Waals surface area contributed by atoms with Crippen molar-refractivity contribution in [2.45, 2.75) is 30.3 Å². The van der Waals surface area contributed by atoms with Gasteiger partial charge in [0.25, 0.3) is 0 Å². The average Bonchev–Trinajstić information content (AvgIpc) is 3.29. The van der Waals surface area contributed by atoms with Crippen molar-refractivity contribution in [1.82, 2.24) is 9.21 Å². The fourth-order valence-corrected chi connectivity index (χ4v) is 5.05. The van der Waals surface area contributed by atoms with Crippen LogP contribution in [0.4, 0.5) is 0 Å². The first-order valence-corrected chi connectivity index (χ1v) is 11.6. The average molecular weight is 443 g/mol. The Hall–Kier alpha value is -1.88. The van der Waals surface area contributed by atoms with Gasteiger partial charge in [0.05, 0.1) is 44.9 Å². The molecule has 0 aromatic heterocycles. The van der Waals surface area contributed by atoms with Crippen molar-refractivity contribution in [3.8, 4) is 11.5 Å². The maximum atomic E-state index is 13.0. The molecule has 30 heavy (non-hydrogen) atoms. The highest BCUT2D eigenvalue weighted by molar-refractivity contribution is 7.89. The van der Waals surface area contributed by atoms with Crippen LogP contribution in [-0.4, -0.2) is 89.9 Å². The van der Waals surface area contributed by atoms with Gasteiger partial charge in [0.2, 0.25) is 15.9 Å². The number of nitrogens with zero attached hydrogens (tertiary/aromatic N) is 2. The summed E-state index contributed by atoms with van der Waals surface area (Å²) in [6.45, 7) is 2.86. The highest BCUT2D eigenvalue weighted by Crippen LogP contribution is 2.30. The Kier molecular flexibility index (Phi) is 7.93. The first kappa shape index (κ1) is 22.8. The van der Waals surface area contributed by atoms with Crippen LogP contribution in [0.15, 0.2) is 23.1 Å². The Morgan fingerprint density at radius 3 is 2.50 bits per heavy atom. The molecule has 2 saturated heterocycles. The van der Waals surface area contributed by atoms with Gasteiger partial charge in [-0.3, -0.25) is 4.79 Å². The summed E-state index contributed by atoms with van der Waals surface area (Å²) in [5.41, 5.74) is 0. The number of hydrogen-bond donors (Lipinski definition) is 0. The highest BCUT2D eigenvalue weighted by atomic mass is 32.2. The van der Waals surface area contributed by atoms with E-state index in [9.17, 15) is 13.2 Å². The van der Waals surface area contributed by atoms with Gasteiger partial charge in [-0.25, -0.2) is 8.42 Å². The molecular weight excluding hydrogens is 412 g/mol. The third-order valence-electron chi connectivity index (χ3n) is 5.37. The summed E-state index contributed by atoms with van der Waals surface area (Å²) in [6, 6.07) is 4.53. The number of piperazine rings is 1. The molecule has 2 aliphatic heterocycles. The Morgan fingerprint density at radius 1 is 1.13 bits per heavy atom. The zero-order valence-corrected chi connectivity index (χ0v) is 18.4. The third-order valence-corrected chi connectivity index (χ3v) is 7.27. The monoisotopic (exact) mass is 442 g/mol. The Labute approximate surface area is 177 Å². The van der Waals surface area contributed by atoms with E-state index in [2.05, 4.69) is 0 Å². The second kappa shape index (κ2) is 10.4. The number of sulfonamides is 1. The molecule has 3 rings (SSSR count). The van der Waals surface area contributed by atoms with E-state index in [0.717, 1.165) is 19.4 Å². The number of hydrogen-bond acceptors (Lipinski definition) is 7. The number of rotatable bonds is 9. The molecule has 1 amide bonds. The molecule has 1 aromatic rings. The van der Waals surface area contributed by atoms with Gasteiger partial charge in [0, 0.05) is 38.9 Å². The number of methoxy groups -OCH3 is 2. The fourth-order valence-electron chi connectivity index (χ4n) is 3.61. The van der Waals surface area contributed by atoms with E-state index in [1.165, 1.54) is 30.7 Å². The molecule has 2 aliphatic rings. The zero-order valence-electron chi connectivity index (χ0n) is 17.5. The van der Waals surface area contributed by atoms with Crippen LogP contribution in [0.5, 0.6) is 11.5 Å². The molecule has 0 saturated carbocycles. The van der Waals surface area contributed by atoms with Gasteiger partial charge in [-0.1, -0.05) is 0 Å². The lowest BCUT2D eigenvalue weighted by Gasteiger charge is -2.34. The van der Waals surface area contributed by atoms with Crippen molar-refractivity contribution >= 4 is 15.9 Å². The molecule has 0 radical (unpaired) electrons. The quantitative estimate of drug-likeness (QED) is 0.529. The Morgan fingerprint density at radius 2 is 1.87 bits per heavy atom. The molecule has 0 bridgehead atoms. The van der Waals surface area contributed by atoms with Gasteiger partial charge in [0.1, 0.15) is 0 Å². The molecule has 168 valence electrons. The molecule has 1 aromatic carbocycles. The maximum absolute atomic E-state index is 13.0. The van der Waals surface area contributed by atoms with Gasteiger partial charge in [0.15, 0.2) is 11.5 Å². The lowest BCUT2D eigenvalue weighted by molar-refractivity contribution is -0.133. The summed E-state index contributed by atoms with van der Waals surface area (Å²) in [6.07, 6.45) is 2.49. The second-order valence-corrected chi connectivity index (χ2v) is 9.20. The van der Waals surface area contributed by atoms with Crippen molar-refractivity contribution < 1.29 is 32.2 Å². The first-order valence-electron chi connectivity index (χ1n) is 10.1. The van der Waals surface area contributed by atoms with Crippen LogP contribution in [-0.2, 0) is 24.3 Å². The van der Waals surface area contributed by atoms with Crippen LogP contribution in [0.2, 0.25) is 0 Å². The molecule has 2 fully saturated rings. The molecule has 1 atom stereocenters. The summed E-state index contributed by atoms with van der Waals surface area (Å²) in [5.74, 6) is 0.800. The van der Waals surface area contributed by atoms with E-state index in [4.69, 9.17) is 18.9 Å². The van der Waals surface area contributed by atoms with Crippen molar-refractivity contribution in [3.63, 3.8) is 0 Å². The normalized spacial score (nSPS) is 20.3. The van der Waals surface area contributed by atoms with Gasteiger partial charge in [-0.15, -0.1) is 0 Å².